The molecule has 1 aliphatic rings. The SMILES string of the molecule is CC(O)(c1ccccc1C=O)C1CCCC1. The van der Waals surface area contributed by atoms with Crippen molar-refractivity contribution in [2.24, 2.45) is 5.92 Å². The van der Waals surface area contributed by atoms with Gasteiger partial charge in [-0.05, 0) is 31.2 Å². The highest BCUT2D eigenvalue weighted by atomic mass is 16.3. The third kappa shape index (κ3) is 1.90. The van der Waals surface area contributed by atoms with Gasteiger partial charge in [0.15, 0.2) is 0 Å². The number of rotatable bonds is 3. The number of aliphatic hydroxyl groups is 1. The summed E-state index contributed by atoms with van der Waals surface area (Å²) in [7, 11) is 0. The van der Waals surface area contributed by atoms with Crippen molar-refractivity contribution >= 4 is 6.29 Å². The van der Waals surface area contributed by atoms with E-state index in [-0.39, 0.29) is 5.92 Å². The first-order valence-electron chi connectivity index (χ1n) is 5.93. The molecule has 1 unspecified atom stereocenters. The van der Waals surface area contributed by atoms with Crippen molar-refractivity contribution in [1.29, 1.82) is 0 Å². The van der Waals surface area contributed by atoms with Gasteiger partial charge in [0.05, 0.1) is 5.60 Å². The van der Waals surface area contributed by atoms with Gasteiger partial charge >= 0.3 is 0 Å². The molecule has 1 saturated carbocycles. The summed E-state index contributed by atoms with van der Waals surface area (Å²) in [5.41, 5.74) is 0.518. The normalized spacial score (nSPS) is 20.6. The van der Waals surface area contributed by atoms with Gasteiger partial charge in [-0.3, -0.25) is 4.79 Å². The molecule has 0 bridgehead atoms. The molecule has 0 heterocycles. The third-order valence-electron chi connectivity index (χ3n) is 3.78. The molecule has 0 aromatic heterocycles. The Hall–Kier alpha value is -1.15. The Morgan fingerprint density at radius 3 is 2.56 bits per heavy atom. The highest BCUT2D eigenvalue weighted by Gasteiger charge is 2.36. The van der Waals surface area contributed by atoms with E-state index in [0.29, 0.717) is 5.56 Å². The maximum absolute atomic E-state index is 11.0. The quantitative estimate of drug-likeness (QED) is 0.792. The second kappa shape index (κ2) is 4.38. The van der Waals surface area contributed by atoms with E-state index in [1.165, 1.54) is 12.8 Å². The molecule has 0 spiro atoms. The average molecular weight is 218 g/mol. The number of carbonyl (C=O) groups is 1. The highest BCUT2D eigenvalue weighted by Crippen LogP contribution is 2.40. The summed E-state index contributed by atoms with van der Waals surface area (Å²) >= 11 is 0. The second-order valence-corrected chi connectivity index (χ2v) is 4.83. The molecular weight excluding hydrogens is 200 g/mol. The zero-order valence-corrected chi connectivity index (χ0v) is 9.65. The average Bonchev–Trinajstić information content (AvgIpc) is 2.83. The smallest absolute Gasteiger partial charge is 0.150 e. The van der Waals surface area contributed by atoms with E-state index >= 15 is 0 Å². The van der Waals surface area contributed by atoms with Crippen molar-refractivity contribution in [1.82, 2.24) is 0 Å². The monoisotopic (exact) mass is 218 g/mol. The molecule has 0 amide bonds. The van der Waals surface area contributed by atoms with Crippen LogP contribution in [-0.2, 0) is 5.60 Å². The van der Waals surface area contributed by atoms with Crippen molar-refractivity contribution in [3.63, 3.8) is 0 Å². The molecular formula is C14H18O2. The van der Waals surface area contributed by atoms with Crippen LogP contribution in [0.5, 0.6) is 0 Å². The van der Waals surface area contributed by atoms with Crippen molar-refractivity contribution in [2.75, 3.05) is 0 Å². The Kier molecular flexibility index (Phi) is 3.10. The van der Waals surface area contributed by atoms with Gasteiger partial charge in [0.2, 0.25) is 0 Å². The summed E-state index contributed by atoms with van der Waals surface area (Å²) in [6, 6.07) is 7.34. The molecule has 0 radical (unpaired) electrons. The van der Waals surface area contributed by atoms with Gasteiger partial charge in [-0.25, -0.2) is 0 Å². The molecule has 1 N–H and O–H groups in total. The van der Waals surface area contributed by atoms with Gasteiger partial charge in [0.25, 0.3) is 0 Å². The Bertz CT molecular complexity index is 376. The predicted molar refractivity (Wildman–Crippen MR) is 63.4 cm³/mol. The zero-order chi connectivity index (χ0) is 11.6. The first-order valence-corrected chi connectivity index (χ1v) is 5.93. The Balaban J connectivity index is 2.37. The van der Waals surface area contributed by atoms with Crippen LogP contribution in [0.15, 0.2) is 24.3 Å². The lowest BCUT2D eigenvalue weighted by Crippen LogP contribution is -2.31. The minimum atomic E-state index is -0.867. The van der Waals surface area contributed by atoms with Crippen LogP contribution < -0.4 is 0 Å². The second-order valence-electron chi connectivity index (χ2n) is 4.83. The summed E-state index contributed by atoms with van der Waals surface area (Å²) < 4.78 is 0. The molecule has 2 heteroatoms. The van der Waals surface area contributed by atoms with Crippen LogP contribution in [0.4, 0.5) is 0 Å². The van der Waals surface area contributed by atoms with E-state index in [0.717, 1.165) is 24.7 Å². The summed E-state index contributed by atoms with van der Waals surface area (Å²) in [5, 5.41) is 10.6. The van der Waals surface area contributed by atoms with E-state index in [1.54, 1.807) is 6.07 Å². The molecule has 2 rings (SSSR count). The lowest BCUT2D eigenvalue weighted by atomic mass is 9.80. The fourth-order valence-corrected chi connectivity index (χ4v) is 2.77. The summed E-state index contributed by atoms with van der Waals surface area (Å²) in [4.78, 5) is 11.0. The standard InChI is InChI=1S/C14H18O2/c1-14(16,12-7-3-4-8-12)13-9-5-2-6-11(13)10-15/h2,5-6,9-10,12,16H,3-4,7-8H2,1H3. The largest absolute Gasteiger partial charge is 0.385 e. The van der Waals surface area contributed by atoms with Gasteiger partial charge in [-0.15, -0.1) is 0 Å². The molecule has 1 aromatic carbocycles. The molecule has 1 atom stereocenters. The summed E-state index contributed by atoms with van der Waals surface area (Å²) in [6.07, 6.45) is 5.31. The van der Waals surface area contributed by atoms with E-state index in [4.69, 9.17) is 0 Å². The fraction of sp³-hybridized carbons (Fsp3) is 0.500. The van der Waals surface area contributed by atoms with Crippen molar-refractivity contribution in [3.05, 3.63) is 35.4 Å². The Morgan fingerprint density at radius 2 is 1.94 bits per heavy atom. The Labute approximate surface area is 96.3 Å². The Morgan fingerprint density at radius 1 is 1.31 bits per heavy atom. The van der Waals surface area contributed by atoms with Crippen molar-refractivity contribution < 1.29 is 9.90 Å². The molecule has 0 saturated heterocycles. The molecule has 86 valence electrons. The third-order valence-corrected chi connectivity index (χ3v) is 3.78. The van der Waals surface area contributed by atoms with Crippen LogP contribution >= 0.6 is 0 Å². The van der Waals surface area contributed by atoms with E-state index in [1.807, 2.05) is 25.1 Å². The summed E-state index contributed by atoms with van der Waals surface area (Å²) in [6.45, 7) is 1.84. The van der Waals surface area contributed by atoms with Gasteiger partial charge in [-0.1, -0.05) is 37.1 Å². The number of aldehydes is 1. The van der Waals surface area contributed by atoms with Crippen molar-refractivity contribution in [3.8, 4) is 0 Å². The first-order chi connectivity index (χ1) is 7.66. The highest BCUT2D eigenvalue weighted by molar-refractivity contribution is 5.77. The molecule has 1 aromatic rings. The van der Waals surface area contributed by atoms with Crippen LogP contribution in [0.2, 0.25) is 0 Å². The number of carbonyl (C=O) groups excluding carboxylic acids is 1. The number of benzene rings is 1. The van der Waals surface area contributed by atoms with Crippen LogP contribution in [-0.4, -0.2) is 11.4 Å². The van der Waals surface area contributed by atoms with Crippen LogP contribution in [0, 0.1) is 5.92 Å². The molecule has 1 fully saturated rings. The first kappa shape index (κ1) is 11.3. The predicted octanol–water partition coefficient (Wildman–Crippen LogP) is 2.90. The number of hydrogen-bond acceptors (Lipinski definition) is 2. The maximum atomic E-state index is 11.0. The summed E-state index contributed by atoms with van der Waals surface area (Å²) in [5.74, 6) is 0.286. The lowest BCUT2D eigenvalue weighted by molar-refractivity contribution is -0.00382. The topological polar surface area (TPSA) is 37.3 Å². The van der Waals surface area contributed by atoms with Gasteiger partial charge in [0, 0.05) is 5.56 Å². The van der Waals surface area contributed by atoms with Crippen LogP contribution in [0.3, 0.4) is 0 Å². The lowest BCUT2D eigenvalue weighted by Gasteiger charge is -2.31. The van der Waals surface area contributed by atoms with Gasteiger partial charge in [-0.2, -0.15) is 0 Å². The molecule has 16 heavy (non-hydrogen) atoms. The van der Waals surface area contributed by atoms with E-state index in [9.17, 15) is 9.90 Å². The van der Waals surface area contributed by atoms with E-state index < -0.39 is 5.60 Å². The molecule has 0 aliphatic heterocycles. The van der Waals surface area contributed by atoms with Gasteiger partial charge in [0.1, 0.15) is 6.29 Å². The molecule has 2 nitrogen and oxygen atoms in total. The fourth-order valence-electron chi connectivity index (χ4n) is 2.77. The zero-order valence-electron chi connectivity index (χ0n) is 9.65. The maximum Gasteiger partial charge on any atom is 0.150 e. The van der Waals surface area contributed by atoms with Crippen LogP contribution in [0.25, 0.3) is 0 Å². The number of hydrogen-bond donors (Lipinski definition) is 1. The minimum absolute atomic E-state index is 0.286. The van der Waals surface area contributed by atoms with Crippen LogP contribution in [0.1, 0.15) is 48.5 Å². The minimum Gasteiger partial charge on any atom is -0.385 e. The van der Waals surface area contributed by atoms with E-state index in [2.05, 4.69) is 0 Å². The molecule has 1 aliphatic carbocycles. The van der Waals surface area contributed by atoms with Gasteiger partial charge < -0.3 is 5.11 Å². The van der Waals surface area contributed by atoms with Crippen molar-refractivity contribution in [2.45, 2.75) is 38.2 Å².